The standard InChI is InChI=1S/C13H23NO3/c1-9(15)10-7-14(8-13(10,5)6)11(16)17-12(2,3)4/h10H,7-8H2,1-6H3. The Kier molecular flexibility index (Phi) is 3.55. The highest BCUT2D eigenvalue weighted by atomic mass is 16.6. The fourth-order valence-corrected chi connectivity index (χ4v) is 2.28. The minimum absolute atomic E-state index is 0.0879. The summed E-state index contributed by atoms with van der Waals surface area (Å²) in [6, 6.07) is 0. The van der Waals surface area contributed by atoms with Gasteiger partial charge in [-0.25, -0.2) is 4.79 Å². The first kappa shape index (κ1) is 14.0. The summed E-state index contributed by atoms with van der Waals surface area (Å²) >= 11 is 0. The van der Waals surface area contributed by atoms with Gasteiger partial charge in [-0.05, 0) is 33.1 Å². The predicted octanol–water partition coefficient (Wildman–Crippen LogP) is 2.47. The molecule has 4 nitrogen and oxygen atoms in total. The van der Waals surface area contributed by atoms with Gasteiger partial charge in [-0.15, -0.1) is 0 Å². The topological polar surface area (TPSA) is 46.6 Å². The molecule has 0 aromatic carbocycles. The Bertz CT molecular complexity index is 328. The Balaban J connectivity index is 2.72. The van der Waals surface area contributed by atoms with Crippen molar-refractivity contribution in [2.75, 3.05) is 13.1 Å². The molecule has 0 saturated carbocycles. The van der Waals surface area contributed by atoms with Gasteiger partial charge in [0.05, 0.1) is 0 Å². The second kappa shape index (κ2) is 4.31. The average Bonchev–Trinajstić information content (AvgIpc) is 2.38. The zero-order chi connectivity index (χ0) is 13.4. The number of rotatable bonds is 1. The van der Waals surface area contributed by atoms with Crippen molar-refractivity contribution in [1.82, 2.24) is 4.90 Å². The SMILES string of the molecule is CC(=O)C1CN(C(=O)OC(C)(C)C)CC1(C)C. The molecule has 1 unspecified atom stereocenters. The molecule has 0 bridgehead atoms. The highest BCUT2D eigenvalue weighted by molar-refractivity contribution is 5.81. The zero-order valence-electron chi connectivity index (χ0n) is 11.7. The molecule has 0 aromatic heterocycles. The number of likely N-dealkylation sites (tertiary alicyclic amines) is 1. The number of ketones is 1. The van der Waals surface area contributed by atoms with E-state index in [1.165, 1.54) is 0 Å². The number of carbonyl (C=O) groups is 2. The largest absolute Gasteiger partial charge is 0.444 e. The number of Topliss-reactive ketones (excluding diaryl/α,β-unsaturated/α-hetero) is 1. The summed E-state index contributed by atoms with van der Waals surface area (Å²) in [5.74, 6) is 0.0519. The van der Waals surface area contributed by atoms with Gasteiger partial charge in [0.2, 0.25) is 0 Å². The molecule has 1 fully saturated rings. The van der Waals surface area contributed by atoms with Crippen molar-refractivity contribution in [1.29, 1.82) is 0 Å². The predicted molar refractivity (Wildman–Crippen MR) is 65.8 cm³/mol. The van der Waals surface area contributed by atoms with Gasteiger partial charge in [0.1, 0.15) is 11.4 Å². The zero-order valence-corrected chi connectivity index (χ0v) is 11.7. The Morgan fingerprint density at radius 3 is 2.18 bits per heavy atom. The van der Waals surface area contributed by atoms with E-state index in [2.05, 4.69) is 0 Å². The number of hydrogen-bond donors (Lipinski definition) is 0. The second-order valence-electron chi connectivity index (χ2n) is 6.51. The van der Waals surface area contributed by atoms with E-state index in [0.29, 0.717) is 13.1 Å². The molecule has 0 radical (unpaired) electrons. The Morgan fingerprint density at radius 2 is 1.82 bits per heavy atom. The lowest BCUT2D eigenvalue weighted by Crippen LogP contribution is -2.36. The molecule has 4 heteroatoms. The molecule has 0 aromatic rings. The van der Waals surface area contributed by atoms with Crippen LogP contribution in [-0.2, 0) is 9.53 Å². The molecular formula is C13H23NO3. The van der Waals surface area contributed by atoms with Crippen molar-refractivity contribution >= 4 is 11.9 Å². The Morgan fingerprint density at radius 1 is 1.29 bits per heavy atom. The van der Waals surface area contributed by atoms with Gasteiger partial charge in [0.25, 0.3) is 0 Å². The van der Waals surface area contributed by atoms with E-state index >= 15 is 0 Å². The van der Waals surface area contributed by atoms with Crippen molar-refractivity contribution in [3.8, 4) is 0 Å². The van der Waals surface area contributed by atoms with E-state index < -0.39 is 5.60 Å². The maximum absolute atomic E-state index is 11.9. The van der Waals surface area contributed by atoms with Gasteiger partial charge in [0, 0.05) is 19.0 Å². The molecule has 1 aliphatic heterocycles. The van der Waals surface area contributed by atoms with Gasteiger partial charge < -0.3 is 9.64 Å². The first-order valence-electron chi connectivity index (χ1n) is 6.01. The molecule has 0 spiro atoms. The molecule has 1 amide bonds. The summed E-state index contributed by atoms with van der Waals surface area (Å²) in [5.41, 5.74) is -0.654. The first-order chi connectivity index (χ1) is 7.53. The maximum atomic E-state index is 11.9. The summed E-state index contributed by atoms with van der Waals surface area (Å²) in [4.78, 5) is 25.1. The van der Waals surface area contributed by atoms with Gasteiger partial charge in [-0.1, -0.05) is 13.8 Å². The summed E-state index contributed by atoms with van der Waals surface area (Å²) in [5, 5.41) is 0. The van der Waals surface area contributed by atoms with Crippen LogP contribution in [0.2, 0.25) is 0 Å². The molecule has 1 saturated heterocycles. The smallest absolute Gasteiger partial charge is 0.410 e. The van der Waals surface area contributed by atoms with E-state index in [1.54, 1.807) is 11.8 Å². The van der Waals surface area contributed by atoms with E-state index in [-0.39, 0.29) is 23.2 Å². The van der Waals surface area contributed by atoms with Crippen molar-refractivity contribution in [3.63, 3.8) is 0 Å². The fourth-order valence-electron chi connectivity index (χ4n) is 2.28. The molecule has 1 rings (SSSR count). The Labute approximate surface area is 103 Å². The molecule has 17 heavy (non-hydrogen) atoms. The number of hydrogen-bond acceptors (Lipinski definition) is 3. The quantitative estimate of drug-likeness (QED) is 0.708. The molecule has 0 N–H and O–H groups in total. The lowest BCUT2D eigenvalue weighted by Gasteiger charge is -2.25. The van der Waals surface area contributed by atoms with Crippen LogP contribution in [-0.4, -0.2) is 35.5 Å². The number of amides is 1. The average molecular weight is 241 g/mol. The maximum Gasteiger partial charge on any atom is 0.410 e. The van der Waals surface area contributed by atoms with Crippen molar-refractivity contribution in [3.05, 3.63) is 0 Å². The van der Waals surface area contributed by atoms with Crippen LogP contribution in [0.25, 0.3) is 0 Å². The monoisotopic (exact) mass is 241 g/mol. The minimum Gasteiger partial charge on any atom is -0.444 e. The van der Waals surface area contributed by atoms with Gasteiger partial charge in [-0.2, -0.15) is 0 Å². The van der Waals surface area contributed by atoms with Crippen molar-refractivity contribution in [2.45, 2.75) is 47.1 Å². The van der Waals surface area contributed by atoms with Crippen LogP contribution in [0.5, 0.6) is 0 Å². The summed E-state index contributed by atoms with van der Waals surface area (Å²) in [6.07, 6.45) is -0.325. The van der Waals surface area contributed by atoms with Crippen LogP contribution in [0.1, 0.15) is 41.5 Å². The molecule has 98 valence electrons. The lowest BCUT2D eigenvalue weighted by molar-refractivity contribution is -0.122. The Hall–Kier alpha value is -1.06. The van der Waals surface area contributed by atoms with Crippen molar-refractivity contribution < 1.29 is 14.3 Å². The van der Waals surface area contributed by atoms with E-state index in [1.807, 2.05) is 34.6 Å². The van der Waals surface area contributed by atoms with Gasteiger partial charge >= 0.3 is 6.09 Å². The highest BCUT2D eigenvalue weighted by Gasteiger charge is 2.44. The third-order valence-electron chi connectivity index (χ3n) is 3.09. The van der Waals surface area contributed by atoms with Gasteiger partial charge in [0.15, 0.2) is 0 Å². The van der Waals surface area contributed by atoms with Crippen LogP contribution >= 0.6 is 0 Å². The van der Waals surface area contributed by atoms with E-state index in [0.717, 1.165) is 0 Å². The van der Waals surface area contributed by atoms with Crippen LogP contribution < -0.4 is 0 Å². The summed E-state index contributed by atoms with van der Waals surface area (Å²) < 4.78 is 5.32. The normalized spacial score (nSPS) is 23.6. The number of ether oxygens (including phenoxy) is 1. The minimum atomic E-state index is -0.491. The molecule has 1 aliphatic rings. The van der Waals surface area contributed by atoms with Gasteiger partial charge in [-0.3, -0.25) is 4.79 Å². The van der Waals surface area contributed by atoms with Crippen LogP contribution in [0.15, 0.2) is 0 Å². The first-order valence-corrected chi connectivity index (χ1v) is 6.01. The molecule has 0 aliphatic carbocycles. The molecular weight excluding hydrogens is 218 g/mol. The van der Waals surface area contributed by atoms with Crippen LogP contribution in [0.4, 0.5) is 4.79 Å². The summed E-state index contributed by atoms with van der Waals surface area (Å²) in [7, 11) is 0. The molecule has 1 atom stereocenters. The summed E-state index contributed by atoms with van der Waals surface area (Å²) in [6.45, 7) is 12.2. The second-order valence-corrected chi connectivity index (χ2v) is 6.51. The number of carbonyl (C=O) groups excluding carboxylic acids is 2. The third-order valence-corrected chi connectivity index (χ3v) is 3.09. The van der Waals surface area contributed by atoms with Crippen LogP contribution in [0.3, 0.4) is 0 Å². The van der Waals surface area contributed by atoms with Crippen molar-refractivity contribution in [2.24, 2.45) is 11.3 Å². The van der Waals surface area contributed by atoms with E-state index in [9.17, 15) is 9.59 Å². The third kappa shape index (κ3) is 3.45. The van der Waals surface area contributed by atoms with E-state index in [4.69, 9.17) is 4.74 Å². The molecule has 1 heterocycles. The van der Waals surface area contributed by atoms with Crippen LogP contribution in [0, 0.1) is 11.3 Å². The highest BCUT2D eigenvalue weighted by Crippen LogP contribution is 2.36. The lowest BCUT2D eigenvalue weighted by atomic mass is 9.80. The fraction of sp³-hybridized carbons (Fsp3) is 0.846. The number of nitrogens with zero attached hydrogens (tertiary/aromatic N) is 1.